The van der Waals surface area contributed by atoms with Crippen molar-refractivity contribution < 1.29 is 4.74 Å². The van der Waals surface area contributed by atoms with Gasteiger partial charge in [-0.05, 0) is 55.3 Å². The molecule has 0 radical (unpaired) electrons. The summed E-state index contributed by atoms with van der Waals surface area (Å²) < 4.78 is 5.81. The Kier molecular flexibility index (Phi) is 4.08. The van der Waals surface area contributed by atoms with Gasteiger partial charge in [-0.1, -0.05) is 29.9 Å². The maximum Gasteiger partial charge on any atom is 0.146 e. The van der Waals surface area contributed by atoms with Gasteiger partial charge in [0.15, 0.2) is 0 Å². The van der Waals surface area contributed by atoms with Gasteiger partial charge in [0.2, 0.25) is 0 Å². The molecule has 0 saturated carbocycles. The van der Waals surface area contributed by atoms with Gasteiger partial charge in [-0.25, -0.2) is 0 Å². The summed E-state index contributed by atoms with van der Waals surface area (Å²) in [6.07, 6.45) is 0. The van der Waals surface area contributed by atoms with Crippen molar-refractivity contribution in [3.8, 4) is 11.5 Å². The molecule has 0 aliphatic carbocycles. The number of ether oxygens (including phenoxy) is 1. The van der Waals surface area contributed by atoms with Crippen LogP contribution in [-0.4, -0.2) is 4.99 Å². The molecule has 0 aliphatic heterocycles. The van der Waals surface area contributed by atoms with E-state index < -0.39 is 0 Å². The summed E-state index contributed by atoms with van der Waals surface area (Å²) in [7, 11) is 0. The van der Waals surface area contributed by atoms with Gasteiger partial charge in [-0.3, -0.25) is 0 Å². The van der Waals surface area contributed by atoms with Gasteiger partial charge in [0.1, 0.15) is 16.5 Å². The van der Waals surface area contributed by atoms with E-state index in [-0.39, 0.29) is 0 Å². The smallest absolute Gasteiger partial charge is 0.146 e. The molecule has 0 amide bonds. The minimum Gasteiger partial charge on any atom is -0.456 e. The molecule has 2 aromatic rings. The quantitative estimate of drug-likeness (QED) is 0.852. The van der Waals surface area contributed by atoms with E-state index in [9.17, 15) is 0 Å². The zero-order valence-corrected chi connectivity index (χ0v) is 12.3. The first-order valence-corrected chi connectivity index (χ1v) is 6.60. The summed E-state index contributed by atoms with van der Waals surface area (Å²) in [5.41, 5.74) is 8.48. The number of hydrogen-bond acceptors (Lipinski definition) is 2. The number of thiocarbonyl (C=S) groups is 1. The Bertz CT molecular complexity index is 640. The second-order valence-corrected chi connectivity index (χ2v) is 5.23. The second kappa shape index (κ2) is 5.59. The van der Waals surface area contributed by atoms with Crippen LogP contribution in [0.15, 0.2) is 36.4 Å². The number of halogens is 1. The van der Waals surface area contributed by atoms with E-state index in [0.29, 0.717) is 15.8 Å². The SMILES string of the molecule is Cc1ccc(Oc2ccc(C(N)=S)cc2C)c(Cl)c1. The second-order valence-electron chi connectivity index (χ2n) is 4.38. The minimum absolute atomic E-state index is 0.378. The average Bonchev–Trinajstić information content (AvgIpc) is 2.34. The van der Waals surface area contributed by atoms with Crippen LogP contribution in [0, 0.1) is 13.8 Å². The normalized spacial score (nSPS) is 10.3. The summed E-state index contributed by atoms with van der Waals surface area (Å²) in [6, 6.07) is 11.3. The van der Waals surface area contributed by atoms with Crippen molar-refractivity contribution in [2.24, 2.45) is 5.73 Å². The first-order chi connectivity index (χ1) is 8.97. The number of hydrogen-bond donors (Lipinski definition) is 1. The van der Waals surface area contributed by atoms with Crippen LogP contribution >= 0.6 is 23.8 Å². The van der Waals surface area contributed by atoms with Crippen molar-refractivity contribution in [3.05, 3.63) is 58.1 Å². The van der Waals surface area contributed by atoms with Gasteiger partial charge in [-0.2, -0.15) is 0 Å². The van der Waals surface area contributed by atoms with Crippen molar-refractivity contribution in [2.75, 3.05) is 0 Å². The Labute approximate surface area is 123 Å². The molecule has 0 aliphatic rings. The van der Waals surface area contributed by atoms with Gasteiger partial charge in [0.05, 0.1) is 5.02 Å². The zero-order valence-electron chi connectivity index (χ0n) is 10.7. The van der Waals surface area contributed by atoms with Crippen LogP contribution in [0.4, 0.5) is 0 Å². The Morgan fingerprint density at radius 3 is 2.37 bits per heavy atom. The van der Waals surface area contributed by atoms with Crippen molar-refractivity contribution in [1.82, 2.24) is 0 Å². The molecule has 2 aromatic carbocycles. The van der Waals surface area contributed by atoms with Crippen LogP contribution in [0.3, 0.4) is 0 Å². The molecule has 2 rings (SSSR count). The van der Waals surface area contributed by atoms with Crippen LogP contribution in [0.1, 0.15) is 16.7 Å². The molecule has 0 spiro atoms. The lowest BCUT2D eigenvalue weighted by atomic mass is 10.1. The van der Waals surface area contributed by atoms with E-state index in [2.05, 4.69) is 0 Å². The van der Waals surface area contributed by atoms with Gasteiger partial charge in [-0.15, -0.1) is 0 Å². The Morgan fingerprint density at radius 1 is 1.11 bits per heavy atom. The molecule has 0 fully saturated rings. The highest BCUT2D eigenvalue weighted by atomic mass is 35.5. The molecule has 0 unspecified atom stereocenters. The molecule has 4 heteroatoms. The maximum atomic E-state index is 6.15. The number of rotatable bonds is 3. The molecular weight excluding hydrogens is 278 g/mol. The first-order valence-electron chi connectivity index (χ1n) is 5.82. The molecule has 0 bridgehead atoms. The maximum absolute atomic E-state index is 6.15. The standard InChI is InChI=1S/C15H14ClNOS/c1-9-3-5-14(12(16)7-9)18-13-6-4-11(15(17)19)8-10(13)2/h3-8H,1-2H3,(H2,17,19). The Morgan fingerprint density at radius 2 is 1.79 bits per heavy atom. The molecule has 2 N–H and O–H groups in total. The third kappa shape index (κ3) is 3.25. The van der Waals surface area contributed by atoms with Gasteiger partial charge in [0.25, 0.3) is 0 Å². The highest BCUT2D eigenvalue weighted by Gasteiger charge is 2.07. The predicted molar refractivity (Wildman–Crippen MR) is 83.3 cm³/mol. The number of benzene rings is 2. The molecule has 0 atom stereocenters. The summed E-state index contributed by atoms with van der Waals surface area (Å²) in [4.78, 5) is 0.378. The molecular formula is C15H14ClNOS. The largest absolute Gasteiger partial charge is 0.456 e. The summed E-state index contributed by atoms with van der Waals surface area (Å²) in [5, 5.41) is 0.595. The Balaban J connectivity index is 2.31. The number of aryl methyl sites for hydroxylation is 2. The fraction of sp³-hybridized carbons (Fsp3) is 0.133. The monoisotopic (exact) mass is 291 g/mol. The molecule has 2 nitrogen and oxygen atoms in total. The lowest BCUT2D eigenvalue weighted by molar-refractivity contribution is 0.479. The third-order valence-corrected chi connectivity index (χ3v) is 3.30. The first kappa shape index (κ1) is 13.8. The minimum atomic E-state index is 0.378. The van der Waals surface area contributed by atoms with Crippen molar-refractivity contribution >= 4 is 28.8 Å². The van der Waals surface area contributed by atoms with Gasteiger partial charge in [0, 0.05) is 5.56 Å². The third-order valence-electron chi connectivity index (χ3n) is 2.77. The van der Waals surface area contributed by atoms with Crippen LogP contribution in [0.2, 0.25) is 5.02 Å². The average molecular weight is 292 g/mol. The van der Waals surface area contributed by atoms with Gasteiger partial charge < -0.3 is 10.5 Å². The molecule has 0 heterocycles. The van der Waals surface area contributed by atoms with E-state index in [0.717, 1.165) is 22.4 Å². The van der Waals surface area contributed by atoms with E-state index in [1.807, 2.05) is 50.2 Å². The summed E-state index contributed by atoms with van der Waals surface area (Å²) >= 11 is 11.1. The highest BCUT2D eigenvalue weighted by molar-refractivity contribution is 7.80. The van der Waals surface area contributed by atoms with Crippen molar-refractivity contribution in [3.63, 3.8) is 0 Å². The highest BCUT2D eigenvalue weighted by Crippen LogP contribution is 2.31. The van der Waals surface area contributed by atoms with E-state index >= 15 is 0 Å². The predicted octanol–water partition coefficient (Wildman–Crippen LogP) is 4.38. The lowest BCUT2D eigenvalue weighted by Crippen LogP contribution is -2.09. The zero-order chi connectivity index (χ0) is 14.0. The van der Waals surface area contributed by atoms with E-state index in [1.165, 1.54) is 0 Å². The van der Waals surface area contributed by atoms with Gasteiger partial charge >= 0.3 is 0 Å². The molecule has 0 saturated heterocycles. The van der Waals surface area contributed by atoms with Crippen LogP contribution in [0.25, 0.3) is 0 Å². The van der Waals surface area contributed by atoms with Crippen molar-refractivity contribution in [2.45, 2.75) is 13.8 Å². The van der Waals surface area contributed by atoms with Crippen LogP contribution < -0.4 is 10.5 Å². The van der Waals surface area contributed by atoms with E-state index in [4.69, 9.17) is 34.3 Å². The molecule has 98 valence electrons. The lowest BCUT2D eigenvalue weighted by Gasteiger charge is -2.11. The summed E-state index contributed by atoms with van der Waals surface area (Å²) in [6.45, 7) is 3.93. The van der Waals surface area contributed by atoms with Crippen molar-refractivity contribution in [1.29, 1.82) is 0 Å². The number of nitrogens with two attached hydrogens (primary N) is 1. The van der Waals surface area contributed by atoms with E-state index in [1.54, 1.807) is 0 Å². The van der Waals surface area contributed by atoms with Crippen LogP contribution in [0.5, 0.6) is 11.5 Å². The molecule has 19 heavy (non-hydrogen) atoms. The molecule has 0 aromatic heterocycles. The van der Waals surface area contributed by atoms with Crippen LogP contribution in [-0.2, 0) is 0 Å². The Hall–Kier alpha value is -1.58. The topological polar surface area (TPSA) is 35.2 Å². The fourth-order valence-electron chi connectivity index (χ4n) is 1.72. The fourth-order valence-corrected chi connectivity index (χ4v) is 2.12. The summed E-state index contributed by atoms with van der Waals surface area (Å²) in [5.74, 6) is 1.38.